The number of nitrogens with one attached hydrogen (secondary N) is 2. The van der Waals surface area contributed by atoms with Gasteiger partial charge in [0.1, 0.15) is 6.10 Å². The van der Waals surface area contributed by atoms with Crippen molar-refractivity contribution in [3.8, 4) is 0 Å². The first-order valence-electron chi connectivity index (χ1n) is 7.55. The van der Waals surface area contributed by atoms with Gasteiger partial charge >= 0.3 is 6.18 Å². The number of H-pyrrole nitrogens is 1. The second-order valence-corrected chi connectivity index (χ2v) is 6.30. The summed E-state index contributed by atoms with van der Waals surface area (Å²) in [5, 5.41) is 10.2. The summed E-state index contributed by atoms with van der Waals surface area (Å²) in [4.78, 5) is 1.46. The number of hydrogen-bond acceptors (Lipinski definition) is 4. The zero-order valence-corrected chi connectivity index (χ0v) is 12.5. The molecule has 0 bridgehead atoms. The molecule has 2 N–H and O–H groups in total. The standard InChI is InChI=1S/C14H21F3N4O/c1-10-6-11(20-19-10)12-7-21(9-14(15,16)17)8-13(22-12)2-4-18-5-3-13/h6,12,18H,2-5,7-9H2,1H3,(H,19,20). The highest BCUT2D eigenvalue weighted by Crippen LogP contribution is 2.37. The summed E-state index contributed by atoms with van der Waals surface area (Å²) in [7, 11) is 0. The van der Waals surface area contributed by atoms with E-state index < -0.39 is 24.4 Å². The molecule has 1 aromatic rings. The number of aryl methyl sites for hydroxylation is 1. The molecule has 0 saturated carbocycles. The molecule has 0 aliphatic carbocycles. The van der Waals surface area contributed by atoms with Crippen molar-refractivity contribution in [1.82, 2.24) is 20.4 Å². The van der Waals surface area contributed by atoms with Gasteiger partial charge in [-0.15, -0.1) is 0 Å². The lowest BCUT2D eigenvalue weighted by Crippen LogP contribution is -2.58. The van der Waals surface area contributed by atoms with Gasteiger partial charge in [0, 0.05) is 18.8 Å². The van der Waals surface area contributed by atoms with Crippen LogP contribution >= 0.6 is 0 Å². The highest BCUT2D eigenvalue weighted by atomic mass is 19.4. The number of piperidine rings is 1. The number of morpholine rings is 1. The third kappa shape index (κ3) is 3.61. The molecule has 5 nitrogen and oxygen atoms in total. The Morgan fingerprint density at radius 2 is 2.14 bits per heavy atom. The molecule has 0 amide bonds. The van der Waals surface area contributed by atoms with Gasteiger partial charge < -0.3 is 10.1 Å². The van der Waals surface area contributed by atoms with E-state index in [2.05, 4.69) is 15.5 Å². The predicted octanol–water partition coefficient (Wildman–Crippen LogP) is 1.78. The Labute approximate surface area is 127 Å². The van der Waals surface area contributed by atoms with E-state index in [9.17, 15) is 13.2 Å². The van der Waals surface area contributed by atoms with Crippen molar-refractivity contribution in [2.75, 3.05) is 32.7 Å². The molecule has 0 radical (unpaired) electrons. The molecule has 8 heteroatoms. The first kappa shape index (κ1) is 15.8. The van der Waals surface area contributed by atoms with Crippen LogP contribution in [0.5, 0.6) is 0 Å². The van der Waals surface area contributed by atoms with Crippen molar-refractivity contribution in [3.05, 3.63) is 17.5 Å². The third-order valence-electron chi connectivity index (χ3n) is 4.30. The number of alkyl halides is 3. The van der Waals surface area contributed by atoms with Crippen molar-refractivity contribution in [1.29, 1.82) is 0 Å². The fraction of sp³-hybridized carbons (Fsp3) is 0.786. The van der Waals surface area contributed by atoms with Crippen molar-refractivity contribution in [2.45, 2.75) is 37.6 Å². The Bertz CT molecular complexity index is 510. The minimum absolute atomic E-state index is 0.221. The van der Waals surface area contributed by atoms with Crippen LogP contribution < -0.4 is 5.32 Å². The third-order valence-corrected chi connectivity index (χ3v) is 4.30. The molecule has 124 valence electrons. The molecule has 3 rings (SSSR count). The lowest BCUT2D eigenvalue weighted by Gasteiger charge is -2.48. The predicted molar refractivity (Wildman–Crippen MR) is 74.5 cm³/mol. The van der Waals surface area contributed by atoms with Crippen LogP contribution in [0.3, 0.4) is 0 Å². The molecule has 2 aliphatic rings. The van der Waals surface area contributed by atoms with E-state index in [1.165, 1.54) is 4.90 Å². The second-order valence-electron chi connectivity index (χ2n) is 6.30. The number of ether oxygens (including phenoxy) is 1. The molecular weight excluding hydrogens is 297 g/mol. The SMILES string of the molecule is Cc1cc(C2CN(CC(F)(F)F)CC3(CCNCC3)O2)n[nH]1. The van der Waals surface area contributed by atoms with Gasteiger partial charge in [-0.25, -0.2) is 0 Å². The Morgan fingerprint density at radius 3 is 2.73 bits per heavy atom. The van der Waals surface area contributed by atoms with Crippen molar-refractivity contribution in [2.24, 2.45) is 0 Å². The first-order chi connectivity index (χ1) is 10.4. The van der Waals surface area contributed by atoms with Crippen molar-refractivity contribution >= 4 is 0 Å². The normalized spacial score (nSPS) is 26.5. The average molecular weight is 318 g/mol. The van der Waals surface area contributed by atoms with Gasteiger partial charge in [-0.3, -0.25) is 10.00 Å². The molecule has 1 unspecified atom stereocenters. The highest BCUT2D eigenvalue weighted by molar-refractivity contribution is 5.12. The summed E-state index contributed by atoms with van der Waals surface area (Å²) in [6.45, 7) is 3.06. The lowest BCUT2D eigenvalue weighted by atomic mass is 9.89. The highest BCUT2D eigenvalue weighted by Gasteiger charge is 2.45. The zero-order valence-electron chi connectivity index (χ0n) is 12.5. The van der Waals surface area contributed by atoms with E-state index in [4.69, 9.17) is 4.74 Å². The van der Waals surface area contributed by atoms with E-state index in [1.807, 2.05) is 13.0 Å². The van der Waals surface area contributed by atoms with Crippen LogP contribution in [0.15, 0.2) is 6.07 Å². The zero-order chi connectivity index (χ0) is 15.8. The Hall–Kier alpha value is -1.12. The van der Waals surface area contributed by atoms with E-state index in [1.54, 1.807) is 0 Å². The summed E-state index contributed by atoms with van der Waals surface area (Å²) in [6.07, 6.45) is -3.17. The fourth-order valence-electron chi connectivity index (χ4n) is 3.37. The van der Waals surface area contributed by atoms with Crippen molar-refractivity contribution in [3.63, 3.8) is 0 Å². The molecule has 1 atom stereocenters. The van der Waals surface area contributed by atoms with E-state index in [0.717, 1.165) is 31.6 Å². The largest absolute Gasteiger partial charge is 0.401 e. The number of rotatable bonds is 2. The van der Waals surface area contributed by atoms with E-state index in [0.29, 0.717) is 12.2 Å². The number of nitrogens with zero attached hydrogens (tertiary/aromatic N) is 2. The first-order valence-corrected chi connectivity index (χ1v) is 7.55. The van der Waals surface area contributed by atoms with Crippen LogP contribution in [-0.4, -0.2) is 59.6 Å². The summed E-state index contributed by atoms with van der Waals surface area (Å²) < 4.78 is 44.7. The number of aromatic nitrogens is 2. The number of halogens is 3. The van der Waals surface area contributed by atoms with Gasteiger partial charge in [-0.1, -0.05) is 0 Å². The molecule has 1 spiro atoms. The molecule has 1 aromatic heterocycles. The Balaban J connectivity index is 1.81. The molecule has 2 fully saturated rings. The van der Waals surface area contributed by atoms with E-state index in [-0.39, 0.29) is 6.54 Å². The summed E-state index contributed by atoms with van der Waals surface area (Å²) in [5.41, 5.74) is 1.06. The van der Waals surface area contributed by atoms with Crippen LogP contribution in [0.2, 0.25) is 0 Å². The van der Waals surface area contributed by atoms with Crippen LogP contribution in [0.4, 0.5) is 13.2 Å². The quantitative estimate of drug-likeness (QED) is 0.873. The topological polar surface area (TPSA) is 53.2 Å². The molecule has 22 heavy (non-hydrogen) atoms. The fourth-order valence-corrected chi connectivity index (χ4v) is 3.37. The average Bonchev–Trinajstić information content (AvgIpc) is 2.84. The van der Waals surface area contributed by atoms with Crippen molar-refractivity contribution < 1.29 is 17.9 Å². The van der Waals surface area contributed by atoms with Crippen LogP contribution in [0, 0.1) is 6.92 Å². The summed E-state index contributed by atoms with van der Waals surface area (Å²) in [5.74, 6) is 0. The number of hydrogen-bond donors (Lipinski definition) is 2. The summed E-state index contributed by atoms with van der Waals surface area (Å²) >= 11 is 0. The van der Waals surface area contributed by atoms with Gasteiger partial charge in [-0.05, 0) is 38.9 Å². The summed E-state index contributed by atoms with van der Waals surface area (Å²) in [6, 6.07) is 1.84. The lowest BCUT2D eigenvalue weighted by molar-refractivity contribution is -0.203. The molecular formula is C14H21F3N4O. The van der Waals surface area contributed by atoms with Gasteiger partial charge in [0.25, 0.3) is 0 Å². The van der Waals surface area contributed by atoms with E-state index >= 15 is 0 Å². The molecule has 0 aromatic carbocycles. The minimum atomic E-state index is -4.20. The Morgan fingerprint density at radius 1 is 1.41 bits per heavy atom. The Kier molecular flexibility index (Phi) is 4.17. The maximum Gasteiger partial charge on any atom is 0.401 e. The molecule has 2 aliphatic heterocycles. The molecule has 2 saturated heterocycles. The minimum Gasteiger partial charge on any atom is -0.363 e. The van der Waals surface area contributed by atoms with Gasteiger partial charge in [0.2, 0.25) is 0 Å². The van der Waals surface area contributed by atoms with Crippen LogP contribution in [-0.2, 0) is 4.74 Å². The second kappa shape index (κ2) is 5.82. The number of aromatic amines is 1. The maximum absolute atomic E-state index is 12.8. The monoisotopic (exact) mass is 318 g/mol. The smallest absolute Gasteiger partial charge is 0.363 e. The van der Waals surface area contributed by atoms with Crippen LogP contribution in [0.25, 0.3) is 0 Å². The molecule has 3 heterocycles. The maximum atomic E-state index is 12.8. The van der Waals surface area contributed by atoms with Gasteiger partial charge in [0.05, 0.1) is 17.8 Å². The van der Waals surface area contributed by atoms with Gasteiger partial charge in [-0.2, -0.15) is 18.3 Å². The van der Waals surface area contributed by atoms with Crippen LogP contribution in [0.1, 0.15) is 30.3 Å². The van der Waals surface area contributed by atoms with Gasteiger partial charge in [0.15, 0.2) is 0 Å².